The summed E-state index contributed by atoms with van der Waals surface area (Å²) in [5, 5.41) is 9.43. The largest absolute Gasteiger partial charge is 0.396 e. The van der Waals surface area contributed by atoms with E-state index in [1.54, 1.807) is 17.8 Å². The van der Waals surface area contributed by atoms with Crippen LogP contribution in [0.5, 0.6) is 0 Å². The molecule has 1 unspecified atom stereocenters. The molecule has 0 aliphatic rings. The standard InChI is InChI=1S/C11H14ClFOS/c1-8(5-14)6-15-7-9-4-10(13)2-3-11(9)12/h2-4,8,14H,5-7H2,1H3. The lowest BCUT2D eigenvalue weighted by molar-refractivity contribution is 0.250. The Morgan fingerprint density at radius 3 is 2.93 bits per heavy atom. The van der Waals surface area contributed by atoms with Gasteiger partial charge in [0.15, 0.2) is 0 Å². The van der Waals surface area contributed by atoms with Gasteiger partial charge < -0.3 is 5.11 Å². The summed E-state index contributed by atoms with van der Waals surface area (Å²) in [7, 11) is 0. The monoisotopic (exact) mass is 248 g/mol. The van der Waals surface area contributed by atoms with Crippen LogP contribution in [0.1, 0.15) is 12.5 Å². The fourth-order valence-corrected chi connectivity index (χ4v) is 2.42. The number of aliphatic hydroxyl groups is 1. The van der Waals surface area contributed by atoms with Crippen LogP contribution in [0.2, 0.25) is 5.02 Å². The van der Waals surface area contributed by atoms with Crippen molar-refractivity contribution in [2.45, 2.75) is 12.7 Å². The molecule has 0 spiro atoms. The molecule has 0 bridgehead atoms. The van der Waals surface area contributed by atoms with E-state index in [0.29, 0.717) is 10.8 Å². The average Bonchev–Trinajstić information content (AvgIpc) is 2.23. The number of thioether (sulfide) groups is 1. The number of halogens is 2. The summed E-state index contributed by atoms with van der Waals surface area (Å²) in [5.41, 5.74) is 0.812. The third-order valence-corrected chi connectivity index (χ3v) is 3.67. The van der Waals surface area contributed by atoms with Crippen LogP contribution in [0.15, 0.2) is 18.2 Å². The van der Waals surface area contributed by atoms with Crippen molar-refractivity contribution in [3.8, 4) is 0 Å². The zero-order valence-electron chi connectivity index (χ0n) is 8.54. The second-order valence-electron chi connectivity index (χ2n) is 3.54. The number of hydrogen-bond acceptors (Lipinski definition) is 2. The molecule has 0 aromatic heterocycles. The van der Waals surface area contributed by atoms with E-state index in [0.717, 1.165) is 11.3 Å². The van der Waals surface area contributed by atoms with Crippen LogP contribution in [-0.2, 0) is 5.75 Å². The Bertz CT molecular complexity index is 319. The first-order valence-corrected chi connectivity index (χ1v) is 6.29. The van der Waals surface area contributed by atoms with E-state index in [2.05, 4.69) is 0 Å². The molecule has 84 valence electrons. The van der Waals surface area contributed by atoms with Gasteiger partial charge in [-0.1, -0.05) is 18.5 Å². The van der Waals surface area contributed by atoms with Gasteiger partial charge in [0, 0.05) is 17.4 Å². The Morgan fingerprint density at radius 1 is 1.53 bits per heavy atom. The van der Waals surface area contributed by atoms with Crippen molar-refractivity contribution in [2.75, 3.05) is 12.4 Å². The Hall–Kier alpha value is -0.250. The van der Waals surface area contributed by atoms with E-state index in [4.69, 9.17) is 16.7 Å². The molecule has 0 aliphatic heterocycles. The first-order valence-electron chi connectivity index (χ1n) is 4.76. The lowest BCUT2D eigenvalue weighted by atomic mass is 10.2. The summed E-state index contributed by atoms with van der Waals surface area (Å²) in [5.74, 6) is 1.54. The van der Waals surface area contributed by atoms with E-state index >= 15 is 0 Å². The Kier molecular flexibility index (Phi) is 5.43. The lowest BCUT2D eigenvalue weighted by Crippen LogP contribution is -2.03. The number of aliphatic hydroxyl groups excluding tert-OH is 1. The van der Waals surface area contributed by atoms with E-state index in [9.17, 15) is 4.39 Å². The van der Waals surface area contributed by atoms with Crippen LogP contribution in [0.3, 0.4) is 0 Å². The maximum absolute atomic E-state index is 12.9. The molecule has 1 atom stereocenters. The van der Waals surface area contributed by atoms with Gasteiger partial charge in [-0.25, -0.2) is 4.39 Å². The van der Waals surface area contributed by atoms with Gasteiger partial charge in [0.2, 0.25) is 0 Å². The Labute approximate surface area is 98.6 Å². The summed E-state index contributed by atoms with van der Waals surface area (Å²) < 4.78 is 12.9. The van der Waals surface area contributed by atoms with Gasteiger partial charge in [0.1, 0.15) is 5.82 Å². The van der Waals surface area contributed by atoms with E-state index in [-0.39, 0.29) is 18.3 Å². The smallest absolute Gasteiger partial charge is 0.123 e. The minimum Gasteiger partial charge on any atom is -0.396 e. The second-order valence-corrected chi connectivity index (χ2v) is 4.98. The summed E-state index contributed by atoms with van der Waals surface area (Å²) in [6.07, 6.45) is 0. The Morgan fingerprint density at radius 2 is 2.27 bits per heavy atom. The van der Waals surface area contributed by atoms with Crippen LogP contribution in [0, 0.1) is 11.7 Å². The molecule has 0 radical (unpaired) electrons. The maximum Gasteiger partial charge on any atom is 0.123 e. The van der Waals surface area contributed by atoms with Crippen LogP contribution >= 0.6 is 23.4 Å². The number of rotatable bonds is 5. The van der Waals surface area contributed by atoms with Gasteiger partial charge in [0.05, 0.1) is 0 Å². The van der Waals surface area contributed by atoms with E-state index in [1.165, 1.54) is 12.1 Å². The van der Waals surface area contributed by atoms with Gasteiger partial charge in [0.25, 0.3) is 0 Å². The topological polar surface area (TPSA) is 20.2 Å². The van der Waals surface area contributed by atoms with E-state index in [1.807, 2.05) is 6.92 Å². The third-order valence-electron chi connectivity index (χ3n) is 1.98. The van der Waals surface area contributed by atoms with Crippen molar-refractivity contribution in [3.05, 3.63) is 34.6 Å². The first kappa shape index (κ1) is 12.8. The highest BCUT2D eigenvalue weighted by Gasteiger charge is 2.04. The van der Waals surface area contributed by atoms with Gasteiger partial charge in [-0.3, -0.25) is 0 Å². The highest BCUT2D eigenvalue weighted by atomic mass is 35.5. The fraction of sp³-hybridized carbons (Fsp3) is 0.455. The van der Waals surface area contributed by atoms with Gasteiger partial charge in [-0.05, 0) is 35.4 Å². The Balaban J connectivity index is 2.46. The SMILES string of the molecule is CC(CO)CSCc1cc(F)ccc1Cl. The molecule has 0 heterocycles. The molecule has 15 heavy (non-hydrogen) atoms. The molecule has 0 saturated carbocycles. The second kappa shape index (κ2) is 6.36. The minimum absolute atomic E-state index is 0.184. The number of benzene rings is 1. The summed E-state index contributed by atoms with van der Waals surface area (Å²) in [4.78, 5) is 0. The molecule has 1 aromatic carbocycles. The molecule has 0 fully saturated rings. The highest BCUT2D eigenvalue weighted by Crippen LogP contribution is 2.23. The predicted octanol–water partition coefficient (Wildman–Crippen LogP) is 3.34. The third kappa shape index (κ3) is 4.41. The highest BCUT2D eigenvalue weighted by molar-refractivity contribution is 7.98. The molecule has 0 amide bonds. The molecular weight excluding hydrogens is 235 g/mol. The van der Waals surface area contributed by atoms with Crippen molar-refractivity contribution in [3.63, 3.8) is 0 Å². The zero-order valence-corrected chi connectivity index (χ0v) is 10.1. The van der Waals surface area contributed by atoms with Crippen molar-refractivity contribution in [1.82, 2.24) is 0 Å². The number of hydrogen-bond donors (Lipinski definition) is 1. The predicted molar refractivity (Wildman–Crippen MR) is 63.8 cm³/mol. The molecule has 4 heteroatoms. The van der Waals surface area contributed by atoms with Gasteiger partial charge in [-0.15, -0.1) is 0 Å². The minimum atomic E-state index is -0.259. The molecule has 0 aliphatic carbocycles. The van der Waals surface area contributed by atoms with E-state index < -0.39 is 0 Å². The molecule has 0 saturated heterocycles. The summed E-state index contributed by atoms with van der Waals surface area (Å²) in [6, 6.07) is 4.38. The average molecular weight is 249 g/mol. The molecular formula is C11H14ClFOS. The van der Waals surface area contributed by atoms with Gasteiger partial charge >= 0.3 is 0 Å². The zero-order chi connectivity index (χ0) is 11.3. The molecule has 1 rings (SSSR count). The summed E-state index contributed by atoms with van der Waals surface area (Å²) >= 11 is 7.57. The molecule has 1 nitrogen and oxygen atoms in total. The molecule has 1 aromatic rings. The van der Waals surface area contributed by atoms with Crippen LogP contribution < -0.4 is 0 Å². The maximum atomic E-state index is 12.9. The quantitative estimate of drug-likeness (QED) is 0.863. The summed E-state index contributed by atoms with van der Waals surface area (Å²) in [6.45, 7) is 2.16. The normalized spacial score (nSPS) is 12.8. The molecule has 1 N–H and O–H groups in total. The van der Waals surface area contributed by atoms with Crippen molar-refractivity contribution < 1.29 is 9.50 Å². The van der Waals surface area contributed by atoms with Crippen molar-refractivity contribution in [2.24, 2.45) is 5.92 Å². The van der Waals surface area contributed by atoms with Crippen LogP contribution in [0.25, 0.3) is 0 Å². The fourth-order valence-electron chi connectivity index (χ4n) is 1.08. The van der Waals surface area contributed by atoms with Crippen molar-refractivity contribution in [1.29, 1.82) is 0 Å². The van der Waals surface area contributed by atoms with Crippen molar-refractivity contribution >= 4 is 23.4 Å². The first-order chi connectivity index (χ1) is 7.13. The van der Waals surface area contributed by atoms with Gasteiger partial charge in [-0.2, -0.15) is 11.8 Å². The lowest BCUT2D eigenvalue weighted by Gasteiger charge is -2.08. The van der Waals surface area contributed by atoms with Crippen LogP contribution in [0.4, 0.5) is 4.39 Å². The van der Waals surface area contributed by atoms with Crippen LogP contribution in [-0.4, -0.2) is 17.5 Å².